The number of nitrogens with zero attached hydrogens (tertiary/aromatic N) is 1. The van der Waals surface area contributed by atoms with Crippen molar-refractivity contribution in [1.29, 1.82) is 5.41 Å². The van der Waals surface area contributed by atoms with Gasteiger partial charge >= 0.3 is 0 Å². The van der Waals surface area contributed by atoms with Gasteiger partial charge in [-0.3, -0.25) is 5.41 Å². The first kappa shape index (κ1) is 8.00. The molecule has 0 aromatic carbocycles. The third-order valence-electron chi connectivity index (χ3n) is 1.07. The summed E-state index contributed by atoms with van der Waals surface area (Å²) < 4.78 is 4.87. The summed E-state index contributed by atoms with van der Waals surface area (Å²) >= 11 is 1.41. The van der Waals surface area contributed by atoms with Gasteiger partial charge in [-0.05, 0) is 0 Å². The molecular formula is C6H9N3OS. The molecule has 0 saturated carbocycles. The van der Waals surface area contributed by atoms with Gasteiger partial charge in [0.1, 0.15) is 0 Å². The summed E-state index contributed by atoms with van der Waals surface area (Å²) in [7, 11) is 1.57. The lowest BCUT2D eigenvalue weighted by molar-refractivity contribution is 0.412. The van der Waals surface area contributed by atoms with E-state index in [2.05, 4.69) is 4.98 Å². The predicted molar refractivity (Wildman–Crippen MR) is 44.3 cm³/mol. The fourth-order valence-corrected chi connectivity index (χ4v) is 1.40. The second-order valence-electron chi connectivity index (χ2n) is 2.00. The standard InChI is InChI=1S/C6H9N3OS/c1-10-6-9-3-4(11-6)2-5(7)8/h3H,2H2,1H3,(H3,7,8). The molecule has 0 bridgehead atoms. The van der Waals surface area contributed by atoms with E-state index in [4.69, 9.17) is 15.9 Å². The van der Waals surface area contributed by atoms with E-state index < -0.39 is 0 Å². The summed E-state index contributed by atoms with van der Waals surface area (Å²) in [5, 5.41) is 7.63. The number of aromatic nitrogens is 1. The smallest absolute Gasteiger partial charge is 0.273 e. The molecule has 1 aromatic rings. The average molecular weight is 171 g/mol. The molecule has 11 heavy (non-hydrogen) atoms. The van der Waals surface area contributed by atoms with Gasteiger partial charge < -0.3 is 10.5 Å². The van der Waals surface area contributed by atoms with E-state index in [-0.39, 0.29) is 5.84 Å². The van der Waals surface area contributed by atoms with Gasteiger partial charge in [0.15, 0.2) is 0 Å². The van der Waals surface area contributed by atoms with Crippen molar-refractivity contribution in [3.05, 3.63) is 11.1 Å². The molecule has 0 radical (unpaired) electrons. The first-order chi connectivity index (χ1) is 5.22. The lowest BCUT2D eigenvalue weighted by Gasteiger charge is -1.90. The molecule has 0 aliphatic carbocycles. The van der Waals surface area contributed by atoms with Crippen molar-refractivity contribution in [2.24, 2.45) is 5.73 Å². The maximum Gasteiger partial charge on any atom is 0.273 e. The second-order valence-corrected chi connectivity index (χ2v) is 3.08. The number of hydrogen-bond acceptors (Lipinski definition) is 4. The lowest BCUT2D eigenvalue weighted by atomic mass is 10.4. The molecule has 0 amide bonds. The first-order valence-corrected chi connectivity index (χ1v) is 3.85. The molecule has 0 aliphatic heterocycles. The van der Waals surface area contributed by atoms with Crippen molar-refractivity contribution in [2.75, 3.05) is 7.11 Å². The zero-order chi connectivity index (χ0) is 8.27. The van der Waals surface area contributed by atoms with E-state index >= 15 is 0 Å². The molecule has 1 aromatic heterocycles. The van der Waals surface area contributed by atoms with Gasteiger partial charge in [-0.25, -0.2) is 4.98 Å². The van der Waals surface area contributed by atoms with Crippen molar-refractivity contribution >= 4 is 17.2 Å². The van der Waals surface area contributed by atoms with E-state index in [1.807, 2.05) is 0 Å². The Morgan fingerprint density at radius 3 is 3.09 bits per heavy atom. The maximum atomic E-state index is 7.01. The molecule has 1 rings (SSSR count). The highest BCUT2D eigenvalue weighted by Gasteiger charge is 2.01. The number of nitrogens with two attached hydrogens (primary N) is 1. The minimum absolute atomic E-state index is 0.149. The van der Waals surface area contributed by atoms with Crippen LogP contribution in [0.5, 0.6) is 5.19 Å². The number of rotatable bonds is 3. The van der Waals surface area contributed by atoms with Crippen LogP contribution in [0.2, 0.25) is 0 Å². The van der Waals surface area contributed by atoms with Crippen LogP contribution in [0.1, 0.15) is 4.88 Å². The van der Waals surface area contributed by atoms with Crippen LogP contribution in [-0.2, 0) is 6.42 Å². The van der Waals surface area contributed by atoms with Crippen molar-refractivity contribution in [3.63, 3.8) is 0 Å². The van der Waals surface area contributed by atoms with Crippen molar-refractivity contribution in [3.8, 4) is 5.19 Å². The van der Waals surface area contributed by atoms with Crippen LogP contribution in [0.3, 0.4) is 0 Å². The van der Waals surface area contributed by atoms with E-state index in [0.717, 1.165) is 4.88 Å². The fourth-order valence-electron chi connectivity index (χ4n) is 0.653. The monoisotopic (exact) mass is 171 g/mol. The summed E-state index contributed by atoms with van der Waals surface area (Å²) in [6, 6.07) is 0. The molecule has 0 atom stereocenters. The Hall–Kier alpha value is -1.10. The van der Waals surface area contributed by atoms with Gasteiger partial charge in [-0.1, -0.05) is 11.3 Å². The van der Waals surface area contributed by atoms with Crippen LogP contribution in [0.4, 0.5) is 0 Å². The molecular weight excluding hydrogens is 162 g/mol. The molecule has 60 valence electrons. The van der Waals surface area contributed by atoms with Crippen LogP contribution >= 0.6 is 11.3 Å². The van der Waals surface area contributed by atoms with Crippen LogP contribution in [0, 0.1) is 5.41 Å². The van der Waals surface area contributed by atoms with E-state index in [0.29, 0.717) is 11.6 Å². The Balaban J connectivity index is 2.65. The van der Waals surface area contributed by atoms with Gasteiger partial charge in [-0.2, -0.15) is 0 Å². The summed E-state index contributed by atoms with van der Waals surface area (Å²) in [6.45, 7) is 0. The minimum Gasteiger partial charge on any atom is -0.473 e. The number of hydrogen-bond donors (Lipinski definition) is 2. The van der Waals surface area contributed by atoms with Crippen LogP contribution in [0.25, 0.3) is 0 Å². The highest BCUT2D eigenvalue weighted by Crippen LogP contribution is 2.19. The Kier molecular flexibility index (Phi) is 2.43. The van der Waals surface area contributed by atoms with Crippen LogP contribution in [0.15, 0.2) is 6.20 Å². The van der Waals surface area contributed by atoms with Gasteiger partial charge in [0.25, 0.3) is 5.19 Å². The number of ether oxygens (including phenoxy) is 1. The normalized spacial score (nSPS) is 9.55. The molecule has 4 nitrogen and oxygen atoms in total. The Labute approximate surface area is 68.5 Å². The summed E-state index contributed by atoms with van der Waals surface area (Å²) in [5.41, 5.74) is 5.20. The van der Waals surface area contributed by atoms with Gasteiger partial charge in [0.05, 0.1) is 12.9 Å². The summed E-state index contributed by atoms with van der Waals surface area (Å²) in [5.74, 6) is 0.149. The van der Waals surface area contributed by atoms with Crippen LogP contribution in [-0.4, -0.2) is 17.9 Å². The van der Waals surface area contributed by atoms with Gasteiger partial charge in [-0.15, -0.1) is 0 Å². The minimum atomic E-state index is 0.149. The van der Waals surface area contributed by atoms with Crippen LogP contribution < -0.4 is 10.5 Å². The molecule has 0 saturated heterocycles. The Morgan fingerprint density at radius 1 is 1.91 bits per heavy atom. The fraction of sp³-hybridized carbons (Fsp3) is 0.333. The largest absolute Gasteiger partial charge is 0.473 e. The second kappa shape index (κ2) is 3.34. The third-order valence-corrected chi connectivity index (χ3v) is 2.03. The number of thiazole rings is 1. The van der Waals surface area contributed by atoms with Crippen molar-refractivity contribution in [2.45, 2.75) is 6.42 Å². The highest BCUT2D eigenvalue weighted by molar-refractivity contribution is 7.13. The van der Waals surface area contributed by atoms with Crippen molar-refractivity contribution < 1.29 is 4.74 Å². The number of methoxy groups -OCH3 is 1. The Bertz CT molecular complexity index is 258. The first-order valence-electron chi connectivity index (χ1n) is 3.04. The molecule has 5 heteroatoms. The van der Waals surface area contributed by atoms with Gasteiger partial charge in [0.2, 0.25) is 0 Å². The molecule has 0 fully saturated rings. The van der Waals surface area contributed by atoms with E-state index in [1.54, 1.807) is 13.3 Å². The van der Waals surface area contributed by atoms with Gasteiger partial charge in [0, 0.05) is 17.5 Å². The maximum absolute atomic E-state index is 7.01. The van der Waals surface area contributed by atoms with Crippen molar-refractivity contribution in [1.82, 2.24) is 4.98 Å². The molecule has 0 spiro atoms. The molecule has 1 heterocycles. The lowest BCUT2D eigenvalue weighted by Crippen LogP contribution is -2.11. The summed E-state index contributed by atoms with van der Waals surface area (Å²) in [4.78, 5) is 4.88. The highest BCUT2D eigenvalue weighted by atomic mass is 32.1. The molecule has 3 N–H and O–H groups in total. The zero-order valence-corrected chi connectivity index (χ0v) is 6.94. The average Bonchev–Trinajstić information content (AvgIpc) is 2.34. The zero-order valence-electron chi connectivity index (χ0n) is 6.13. The summed E-state index contributed by atoms with van der Waals surface area (Å²) in [6.07, 6.45) is 2.13. The predicted octanol–water partition coefficient (Wildman–Crippen LogP) is 0.630. The molecule has 0 aliphatic rings. The topological polar surface area (TPSA) is 72.0 Å². The third kappa shape index (κ3) is 2.19. The van der Waals surface area contributed by atoms with E-state index in [1.165, 1.54) is 11.3 Å². The molecule has 0 unspecified atom stereocenters. The number of amidine groups is 1. The Morgan fingerprint density at radius 2 is 2.64 bits per heavy atom. The van der Waals surface area contributed by atoms with E-state index in [9.17, 15) is 0 Å². The number of nitrogens with one attached hydrogen (secondary N) is 1. The quantitative estimate of drug-likeness (QED) is 0.517. The SMILES string of the molecule is COc1ncc(CC(=N)N)s1.